The highest BCUT2D eigenvalue weighted by Crippen LogP contribution is 2.25. The molecule has 1 aliphatic rings. The molecule has 0 saturated carbocycles. The Labute approximate surface area is 187 Å². The van der Waals surface area contributed by atoms with Crippen LogP contribution in [0.5, 0.6) is 0 Å². The number of benzene rings is 2. The Bertz CT molecular complexity index is 1340. The molecule has 0 bridgehead atoms. The number of carbonyl (C=O) groups excluding carboxylic acids is 1. The van der Waals surface area contributed by atoms with E-state index in [-0.39, 0.29) is 29.2 Å². The van der Waals surface area contributed by atoms with E-state index in [1.165, 1.54) is 11.6 Å². The third kappa shape index (κ3) is 4.35. The van der Waals surface area contributed by atoms with Gasteiger partial charge in [-0.15, -0.1) is 0 Å². The lowest BCUT2D eigenvalue weighted by molar-refractivity contribution is 0.0648. The Morgan fingerprint density at radius 3 is 2.41 bits per heavy atom. The van der Waals surface area contributed by atoms with Crippen LogP contribution in [0.4, 0.5) is 0 Å². The minimum atomic E-state index is -3.20. The molecule has 6 nitrogen and oxygen atoms in total. The summed E-state index contributed by atoms with van der Waals surface area (Å²) in [5.74, 6) is -0.560. The minimum absolute atomic E-state index is 0.0518. The van der Waals surface area contributed by atoms with Crippen LogP contribution in [0.2, 0.25) is 0 Å². The van der Waals surface area contributed by atoms with Crippen LogP contribution in [0.25, 0.3) is 11.0 Å². The van der Waals surface area contributed by atoms with Gasteiger partial charge in [-0.3, -0.25) is 9.59 Å². The van der Waals surface area contributed by atoms with Crippen molar-refractivity contribution in [2.45, 2.75) is 46.2 Å². The Kier molecular flexibility index (Phi) is 5.95. The number of aryl methyl sites for hydroxylation is 3. The highest BCUT2D eigenvalue weighted by molar-refractivity contribution is 7.91. The summed E-state index contributed by atoms with van der Waals surface area (Å²) >= 11 is 0. The number of amides is 1. The molecule has 2 aromatic carbocycles. The summed E-state index contributed by atoms with van der Waals surface area (Å²) in [5.41, 5.74) is 3.95. The number of hydrogen-bond acceptors (Lipinski definition) is 5. The van der Waals surface area contributed by atoms with Crippen LogP contribution in [-0.2, 0) is 22.8 Å². The fraction of sp³-hybridized carbons (Fsp3) is 0.360. The van der Waals surface area contributed by atoms with Crippen molar-refractivity contribution in [3.05, 3.63) is 80.7 Å². The second kappa shape index (κ2) is 8.54. The van der Waals surface area contributed by atoms with Gasteiger partial charge in [-0.1, -0.05) is 37.3 Å². The van der Waals surface area contributed by atoms with Crippen molar-refractivity contribution in [3.63, 3.8) is 0 Å². The average Bonchev–Trinajstić information content (AvgIpc) is 3.14. The first kappa shape index (κ1) is 22.3. The summed E-state index contributed by atoms with van der Waals surface area (Å²) in [4.78, 5) is 27.8. The molecule has 1 atom stereocenters. The highest BCUT2D eigenvalue weighted by atomic mass is 32.2. The number of rotatable bonds is 5. The van der Waals surface area contributed by atoms with Crippen molar-refractivity contribution in [2.24, 2.45) is 0 Å². The van der Waals surface area contributed by atoms with Gasteiger partial charge in [0.1, 0.15) is 5.58 Å². The highest BCUT2D eigenvalue weighted by Gasteiger charge is 2.36. The monoisotopic (exact) mass is 453 g/mol. The lowest BCUT2D eigenvalue weighted by Crippen LogP contribution is -2.41. The van der Waals surface area contributed by atoms with Crippen molar-refractivity contribution in [1.29, 1.82) is 0 Å². The first-order chi connectivity index (χ1) is 15.2. The van der Waals surface area contributed by atoms with Gasteiger partial charge in [0.25, 0.3) is 5.91 Å². The standard InChI is InChI=1S/C25H27NO5S/c1-4-18-6-8-19(9-7-18)14-26(20-11-12-32(29,30)15-20)25(28)23-13-22(27)21-10-5-16(2)17(3)24(21)31-23/h5-10,13,20H,4,11-12,14-15H2,1-3H3/t20-/m1/s1. The quantitative estimate of drug-likeness (QED) is 0.587. The van der Waals surface area contributed by atoms with Crippen LogP contribution < -0.4 is 5.43 Å². The van der Waals surface area contributed by atoms with Crippen LogP contribution in [0.1, 0.15) is 46.2 Å². The van der Waals surface area contributed by atoms with Crippen LogP contribution in [0.15, 0.2) is 51.7 Å². The van der Waals surface area contributed by atoms with E-state index in [1.807, 2.05) is 44.2 Å². The predicted molar refractivity (Wildman–Crippen MR) is 125 cm³/mol. The summed E-state index contributed by atoms with van der Waals surface area (Å²) in [6.07, 6.45) is 1.28. The van der Waals surface area contributed by atoms with Crippen molar-refractivity contribution in [2.75, 3.05) is 11.5 Å². The van der Waals surface area contributed by atoms with E-state index in [4.69, 9.17) is 4.42 Å². The number of sulfone groups is 1. The van der Waals surface area contributed by atoms with E-state index < -0.39 is 21.8 Å². The molecule has 1 aromatic heterocycles. The largest absolute Gasteiger partial charge is 0.450 e. The maximum absolute atomic E-state index is 13.6. The molecule has 2 heterocycles. The zero-order valence-electron chi connectivity index (χ0n) is 18.6. The van der Waals surface area contributed by atoms with E-state index >= 15 is 0 Å². The average molecular weight is 454 g/mol. The minimum Gasteiger partial charge on any atom is -0.450 e. The van der Waals surface area contributed by atoms with Gasteiger partial charge < -0.3 is 9.32 Å². The van der Waals surface area contributed by atoms with Crippen LogP contribution >= 0.6 is 0 Å². The van der Waals surface area contributed by atoms with Crippen molar-refractivity contribution >= 4 is 26.7 Å². The van der Waals surface area contributed by atoms with E-state index in [0.717, 1.165) is 23.1 Å². The predicted octanol–water partition coefficient (Wildman–Crippen LogP) is 3.80. The Morgan fingerprint density at radius 2 is 1.78 bits per heavy atom. The molecule has 32 heavy (non-hydrogen) atoms. The van der Waals surface area contributed by atoms with Gasteiger partial charge in [-0.05, 0) is 55.0 Å². The zero-order chi connectivity index (χ0) is 23.0. The molecule has 1 saturated heterocycles. The third-order valence-electron chi connectivity index (χ3n) is 6.32. The van der Waals surface area contributed by atoms with Gasteiger partial charge in [0, 0.05) is 18.7 Å². The van der Waals surface area contributed by atoms with Crippen molar-refractivity contribution in [1.82, 2.24) is 4.90 Å². The van der Waals surface area contributed by atoms with Gasteiger partial charge in [-0.2, -0.15) is 0 Å². The Balaban J connectivity index is 1.75. The maximum Gasteiger partial charge on any atom is 0.290 e. The number of carbonyl (C=O) groups is 1. The SMILES string of the molecule is CCc1ccc(CN(C(=O)c2cc(=O)c3ccc(C)c(C)c3o2)[C@@H]2CCS(=O)(=O)C2)cc1. The molecular weight excluding hydrogens is 426 g/mol. The van der Waals surface area contributed by atoms with E-state index in [9.17, 15) is 18.0 Å². The van der Waals surface area contributed by atoms with Gasteiger partial charge in [0.2, 0.25) is 0 Å². The number of hydrogen-bond donors (Lipinski definition) is 0. The molecule has 0 unspecified atom stereocenters. The molecule has 1 fully saturated rings. The second-order valence-corrected chi connectivity index (χ2v) is 10.7. The third-order valence-corrected chi connectivity index (χ3v) is 8.07. The summed E-state index contributed by atoms with van der Waals surface area (Å²) in [6.45, 7) is 6.08. The summed E-state index contributed by atoms with van der Waals surface area (Å²) in [6, 6.07) is 12.2. The van der Waals surface area contributed by atoms with E-state index in [0.29, 0.717) is 17.4 Å². The maximum atomic E-state index is 13.6. The number of nitrogens with zero attached hydrogens (tertiary/aromatic N) is 1. The first-order valence-corrected chi connectivity index (χ1v) is 12.6. The normalized spacial score (nSPS) is 17.5. The van der Waals surface area contributed by atoms with Gasteiger partial charge in [0.05, 0.1) is 16.9 Å². The van der Waals surface area contributed by atoms with Crippen LogP contribution in [0.3, 0.4) is 0 Å². The molecule has 1 aliphatic heterocycles. The van der Waals surface area contributed by atoms with Crippen LogP contribution in [-0.4, -0.2) is 36.8 Å². The van der Waals surface area contributed by atoms with E-state index in [2.05, 4.69) is 6.92 Å². The molecule has 0 spiro atoms. The van der Waals surface area contributed by atoms with E-state index in [1.54, 1.807) is 11.0 Å². The van der Waals surface area contributed by atoms with Crippen molar-refractivity contribution in [3.8, 4) is 0 Å². The molecular formula is C25H27NO5S. The van der Waals surface area contributed by atoms with Crippen molar-refractivity contribution < 1.29 is 17.6 Å². The van der Waals surface area contributed by atoms with Gasteiger partial charge in [-0.25, -0.2) is 8.42 Å². The molecule has 1 amide bonds. The Hall–Kier alpha value is -2.93. The topological polar surface area (TPSA) is 84.7 Å². The Morgan fingerprint density at radius 1 is 1.09 bits per heavy atom. The second-order valence-electron chi connectivity index (χ2n) is 8.52. The first-order valence-electron chi connectivity index (χ1n) is 10.8. The summed E-state index contributed by atoms with van der Waals surface area (Å²) in [5, 5.41) is 0.426. The zero-order valence-corrected chi connectivity index (χ0v) is 19.4. The van der Waals surface area contributed by atoms with Gasteiger partial charge in [0.15, 0.2) is 21.0 Å². The van der Waals surface area contributed by atoms with Crippen LogP contribution in [0, 0.1) is 13.8 Å². The molecule has 0 radical (unpaired) electrons. The van der Waals surface area contributed by atoms with Gasteiger partial charge >= 0.3 is 0 Å². The molecule has 0 aliphatic carbocycles. The molecule has 3 aromatic rings. The fourth-order valence-corrected chi connectivity index (χ4v) is 5.89. The summed E-state index contributed by atoms with van der Waals surface area (Å²) in [7, 11) is -3.20. The lowest BCUT2D eigenvalue weighted by Gasteiger charge is -2.28. The molecule has 4 rings (SSSR count). The summed E-state index contributed by atoms with van der Waals surface area (Å²) < 4.78 is 30.2. The molecule has 7 heteroatoms. The molecule has 0 N–H and O–H groups in total. The lowest BCUT2D eigenvalue weighted by atomic mass is 10.1. The fourth-order valence-electron chi connectivity index (χ4n) is 4.16. The smallest absolute Gasteiger partial charge is 0.290 e. The molecule has 168 valence electrons. The number of fused-ring (bicyclic) bond motifs is 1.